The predicted octanol–water partition coefficient (Wildman–Crippen LogP) is 3.68. The molecule has 0 aliphatic carbocycles. The van der Waals surface area contributed by atoms with Gasteiger partial charge in [0.15, 0.2) is 0 Å². The van der Waals surface area contributed by atoms with Crippen LogP contribution in [0.1, 0.15) is 19.4 Å². The van der Waals surface area contributed by atoms with E-state index in [4.69, 9.17) is 4.74 Å². The van der Waals surface area contributed by atoms with E-state index in [2.05, 4.69) is 43.1 Å². The van der Waals surface area contributed by atoms with Crippen LogP contribution in [0.15, 0.2) is 41.4 Å². The first-order valence-corrected chi connectivity index (χ1v) is 5.80. The summed E-state index contributed by atoms with van der Waals surface area (Å²) in [5.41, 5.74) is 1.14. The summed E-state index contributed by atoms with van der Waals surface area (Å²) in [6, 6.07) is 12.7. The summed E-state index contributed by atoms with van der Waals surface area (Å²) in [6.07, 6.45) is 1.92. The van der Waals surface area contributed by atoms with Gasteiger partial charge in [-0.15, -0.1) is 0 Å². The maximum Gasteiger partial charge on any atom is 0.119 e. The van der Waals surface area contributed by atoms with E-state index >= 15 is 0 Å². The molecule has 0 amide bonds. The molecule has 0 bridgehead atoms. The van der Waals surface area contributed by atoms with Gasteiger partial charge in [-0.05, 0) is 48.4 Å². The van der Waals surface area contributed by atoms with E-state index in [0.717, 1.165) is 11.3 Å². The van der Waals surface area contributed by atoms with Gasteiger partial charge in [0.2, 0.25) is 0 Å². The van der Waals surface area contributed by atoms with E-state index in [1.54, 1.807) is 7.11 Å². The maximum absolute atomic E-state index is 5.21. The Bertz CT molecular complexity index is 544. The zero-order valence-corrected chi connectivity index (χ0v) is 10.5. The fourth-order valence-electron chi connectivity index (χ4n) is 1.68. The quantitative estimate of drug-likeness (QED) is 0.733. The van der Waals surface area contributed by atoms with Crippen LogP contribution in [0.3, 0.4) is 0 Å². The highest BCUT2D eigenvalue weighted by atomic mass is 16.5. The zero-order chi connectivity index (χ0) is 12.3. The fraction of sp³-hybridized carbons (Fsp3) is 0.267. The van der Waals surface area contributed by atoms with E-state index in [-0.39, 0.29) is 0 Å². The van der Waals surface area contributed by atoms with Crippen molar-refractivity contribution in [3.63, 3.8) is 0 Å². The van der Waals surface area contributed by atoms with Crippen LogP contribution in [0.25, 0.3) is 10.8 Å². The smallest absolute Gasteiger partial charge is 0.119 e. The van der Waals surface area contributed by atoms with Crippen LogP contribution >= 0.6 is 0 Å². The SMILES string of the molecule is COc1ccc2cc(/C=N/C(C)C)ccc2c1. The molecular formula is C15H17NO. The summed E-state index contributed by atoms with van der Waals surface area (Å²) in [4.78, 5) is 4.39. The monoisotopic (exact) mass is 227 g/mol. The minimum Gasteiger partial charge on any atom is -0.497 e. The summed E-state index contributed by atoms with van der Waals surface area (Å²) in [5, 5.41) is 2.39. The number of aliphatic imine (C=N–C) groups is 1. The molecule has 0 radical (unpaired) electrons. The van der Waals surface area contributed by atoms with Gasteiger partial charge in [0.05, 0.1) is 7.11 Å². The third kappa shape index (κ3) is 2.84. The lowest BCUT2D eigenvalue weighted by molar-refractivity contribution is 0.415. The highest BCUT2D eigenvalue weighted by Crippen LogP contribution is 2.21. The maximum atomic E-state index is 5.21. The molecule has 0 heterocycles. The fourth-order valence-corrected chi connectivity index (χ4v) is 1.68. The molecule has 88 valence electrons. The van der Waals surface area contributed by atoms with Crippen LogP contribution in [0, 0.1) is 0 Å². The van der Waals surface area contributed by atoms with Crippen molar-refractivity contribution in [1.29, 1.82) is 0 Å². The van der Waals surface area contributed by atoms with Gasteiger partial charge in [0, 0.05) is 12.3 Å². The Morgan fingerprint density at radius 2 is 1.76 bits per heavy atom. The van der Waals surface area contributed by atoms with Crippen molar-refractivity contribution in [3.05, 3.63) is 42.0 Å². The molecule has 2 heteroatoms. The van der Waals surface area contributed by atoms with E-state index in [0.29, 0.717) is 6.04 Å². The Morgan fingerprint density at radius 1 is 1.06 bits per heavy atom. The second-order valence-electron chi connectivity index (χ2n) is 4.34. The van der Waals surface area contributed by atoms with Crippen molar-refractivity contribution in [1.82, 2.24) is 0 Å². The van der Waals surface area contributed by atoms with E-state index in [1.165, 1.54) is 10.8 Å². The molecule has 0 saturated carbocycles. The summed E-state index contributed by atoms with van der Waals surface area (Å²) in [5.74, 6) is 0.890. The van der Waals surface area contributed by atoms with Gasteiger partial charge in [-0.25, -0.2) is 0 Å². The minimum absolute atomic E-state index is 0.335. The van der Waals surface area contributed by atoms with Crippen molar-refractivity contribution >= 4 is 17.0 Å². The van der Waals surface area contributed by atoms with Gasteiger partial charge < -0.3 is 4.74 Å². The van der Waals surface area contributed by atoms with E-state index in [9.17, 15) is 0 Å². The van der Waals surface area contributed by atoms with Crippen LogP contribution in [0.5, 0.6) is 5.75 Å². The molecule has 0 aliphatic rings. The summed E-state index contributed by atoms with van der Waals surface area (Å²) < 4.78 is 5.21. The molecule has 0 atom stereocenters. The average molecular weight is 227 g/mol. The number of nitrogens with zero attached hydrogens (tertiary/aromatic N) is 1. The van der Waals surface area contributed by atoms with Gasteiger partial charge >= 0.3 is 0 Å². The number of ether oxygens (including phenoxy) is 1. The normalized spacial score (nSPS) is 11.5. The molecule has 0 N–H and O–H groups in total. The van der Waals surface area contributed by atoms with Crippen molar-refractivity contribution in [2.24, 2.45) is 4.99 Å². The van der Waals surface area contributed by atoms with Gasteiger partial charge in [-0.1, -0.05) is 18.2 Å². The molecule has 0 spiro atoms. The summed E-state index contributed by atoms with van der Waals surface area (Å²) >= 11 is 0. The largest absolute Gasteiger partial charge is 0.497 e. The van der Waals surface area contributed by atoms with Crippen LogP contribution in [0.2, 0.25) is 0 Å². The lowest BCUT2D eigenvalue weighted by Gasteiger charge is -2.03. The van der Waals surface area contributed by atoms with Crippen molar-refractivity contribution in [2.75, 3.05) is 7.11 Å². The molecule has 0 aliphatic heterocycles. The van der Waals surface area contributed by atoms with Crippen LogP contribution < -0.4 is 4.74 Å². The van der Waals surface area contributed by atoms with Gasteiger partial charge in [-0.3, -0.25) is 4.99 Å². The number of methoxy groups -OCH3 is 1. The molecule has 0 aromatic heterocycles. The Kier molecular flexibility index (Phi) is 3.43. The Hall–Kier alpha value is -1.83. The van der Waals surface area contributed by atoms with Gasteiger partial charge in [-0.2, -0.15) is 0 Å². The lowest BCUT2D eigenvalue weighted by Crippen LogP contribution is -1.90. The molecule has 2 aromatic rings. The lowest BCUT2D eigenvalue weighted by atomic mass is 10.1. The Balaban J connectivity index is 2.38. The minimum atomic E-state index is 0.335. The number of rotatable bonds is 3. The van der Waals surface area contributed by atoms with Crippen molar-refractivity contribution in [3.8, 4) is 5.75 Å². The Morgan fingerprint density at radius 3 is 2.47 bits per heavy atom. The number of benzene rings is 2. The topological polar surface area (TPSA) is 21.6 Å². The van der Waals surface area contributed by atoms with Crippen LogP contribution in [-0.2, 0) is 0 Å². The first-order chi connectivity index (χ1) is 8.19. The second kappa shape index (κ2) is 5.00. The molecule has 0 unspecified atom stereocenters. The van der Waals surface area contributed by atoms with Crippen LogP contribution in [-0.4, -0.2) is 19.4 Å². The van der Waals surface area contributed by atoms with E-state index in [1.807, 2.05) is 18.3 Å². The van der Waals surface area contributed by atoms with Gasteiger partial charge in [0.25, 0.3) is 0 Å². The molecule has 0 fully saturated rings. The standard InChI is InChI=1S/C15H17NO/c1-11(2)16-10-12-4-5-14-9-15(17-3)7-6-13(14)8-12/h4-11H,1-3H3/b16-10+. The molecule has 2 rings (SSSR count). The third-order valence-electron chi connectivity index (χ3n) is 2.59. The molecule has 17 heavy (non-hydrogen) atoms. The van der Waals surface area contributed by atoms with Crippen molar-refractivity contribution < 1.29 is 4.74 Å². The molecule has 2 aromatic carbocycles. The van der Waals surface area contributed by atoms with Crippen LogP contribution in [0.4, 0.5) is 0 Å². The van der Waals surface area contributed by atoms with Crippen molar-refractivity contribution in [2.45, 2.75) is 19.9 Å². The van der Waals surface area contributed by atoms with Gasteiger partial charge in [0.1, 0.15) is 5.75 Å². The summed E-state index contributed by atoms with van der Waals surface area (Å²) in [7, 11) is 1.69. The zero-order valence-electron chi connectivity index (χ0n) is 10.5. The predicted molar refractivity (Wildman–Crippen MR) is 73.2 cm³/mol. The Labute approximate surface area is 102 Å². The number of hydrogen-bond donors (Lipinski definition) is 0. The first-order valence-electron chi connectivity index (χ1n) is 5.80. The second-order valence-corrected chi connectivity index (χ2v) is 4.34. The molecule has 0 saturated heterocycles. The number of hydrogen-bond acceptors (Lipinski definition) is 2. The number of fused-ring (bicyclic) bond motifs is 1. The molecule has 2 nitrogen and oxygen atoms in total. The average Bonchev–Trinajstić information content (AvgIpc) is 2.35. The molecular weight excluding hydrogens is 210 g/mol. The first kappa shape index (κ1) is 11.6. The third-order valence-corrected chi connectivity index (χ3v) is 2.59. The summed E-state index contributed by atoms with van der Waals surface area (Å²) in [6.45, 7) is 4.14. The highest BCUT2D eigenvalue weighted by molar-refractivity contribution is 5.91. The highest BCUT2D eigenvalue weighted by Gasteiger charge is 1.97. The van der Waals surface area contributed by atoms with E-state index < -0.39 is 0 Å².